The molecule has 3 aromatic carbocycles. The number of hydrogen-bond acceptors (Lipinski definition) is 3. The molecule has 0 saturated carbocycles. The number of carbonyl (C=O) groups is 3. The maximum absolute atomic E-state index is 13.3. The lowest BCUT2D eigenvalue weighted by Gasteiger charge is -2.24. The van der Waals surface area contributed by atoms with Crippen LogP contribution in [0, 0.1) is 0 Å². The summed E-state index contributed by atoms with van der Waals surface area (Å²) in [6.07, 6.45) is 1.02. The van der Waals surface area contributed by atoms with Crippen molar-refractivity contribution in [2.45, 2.75) is 38.6 Å². The minimum absolute atomic E-state index is 0.263. The number of carbonyl (C=O) groups excluding carboxylic acids is 3. The van der Waals surface area contributed by atoms with Crippen molar-refractivity contribution in [1.29, 1.82) is 0 Å². The van der Waals surface area contributed by atoms with E-state index in [1.807, 2.05) is 54.6 Å². The summed E-state index contributed by atoms with van der Waals surface area (Å²) in [6.45, 7) is 5.67. The minimum Gasteiger partial charge on any atom is -0.319 e. The van der Waals surface area contributed by atoms with Crippen LogP contribution in [0.3, 0.4) is 0 Å². The van der Waals surface area contributed by atoms with E-state index in [2.05, 4.69) is 19.2 Å². The van der Waals surface area contributed by atoms with E-state index < -0.39 is 17.5 Å². The van der Waals surface area contributed by atoms with Gasteiger partial charge in [-0.3, -0.25) is 14.5 Å². The van der Waals surface area contributed by atoms with Crippen molar-refractivity contribution < 1.29 is 14.4 Å². The van der Waals surface area contributed by atoms with Gasteiger partial charge in [-0.15, -0.1) is 0 Å². The van der Waals surface area contributed by atoms with E-state index in [-0.39, 0.29) is 12.3 Å². The zero-order chi connectivity index (χ0) is 22.2. The number of ketones is 1. The van der Waals surface area contributed by atoms with Crippen molar-refractivity contribution in [1.82, 2.24) is 10.2 Å². The molecule has 1 fully saturated rings. The molecule has 1 N–H and O–H groups in total. The topological polar surface area (TPSA) is 66.5 Å². The SMILES string of the molecule is CCC(C)c1ccc(C(=O)CN2C(=O)NC(C)(c3cccc4ccccc34)C2=O)cc1. The second-order valence-electron chi connectivity index (χ2n) is 8.33. The highest BCUT2D eigenvalue weighted by Gasteiger charge is 2.50. The van der Waals surface area contributed by atoms with Crippen LogP contribution < -0.4 is 5.32 Å². The van der Waals surface area contributed by atoms with E-state index >= 15 is 0 Å². The number of urea groups is 1. The first kappa shape index (κ1) is 20.8. The van der Waals surface area contributed by atoms with Gasteiger partial charge in [0.2, 0.25) is 0 Å². The predicted octanol–water partition coefficient (Wildman–Crippen LogP) is 5.00. The average Bonchev–Trinajstić information content (AvgIpc) is 3.01. The number of benzene rings is 3. The van der Waals surface area contributed by atoms with Crippen molar-refractivity contribution in [3.05, 3.63) is 83.4 Å². The molecule has 4 rings (SSSR count). The molecule has 0 spiro atoms. The highest BCUT2D eigenvalue weighted by molar-refractivity contribution is 6.12. The molecule has 1 saturated heterocycles. The third-order valence-corrected chi connectivity index (χ3v) is 6.32. The fourth-order valence-corrected chi connectivity index (χ4v) is 4.15. The molecule has 2 unspecified atom stereocenters. The van der Waals surface area contributed by atoms with Crippen molar-refractivity contribution >= 4 is 28.5 Å². The molecule has 0 radical (unpaired) electrons. The van der Waals surface area contributed by atoms with E-state index in [1.165, 1.54) is 0 Å². The zero-order valence-corrected chi connectivity index (χ0v) is 18.0. The van der Waals surface area contributed by atoms with E-state index in [0.29, 0.717) is 11.5 Å². The fraction of sp³-hybridized carbons (Fsp3) is 0.269. The Morgan fingerprint density at radius 1 is 1.00 bits per heavy atom. The molecule has 5 nitrogen and oxygen atoms in total. The molecule has 0 aromatic heterocycles. The Balaban J connectivity index is 1.59. The second kappa shape index (κ2) is 7.99. The summed E-state index contributed by atoms with van der Waals surface area (Å²) in [4.78, 5) is 39.9. The van der Waals surface area contributed by atoms with E-state index in [0.717, 1.165) is 33.2 Å². The number of nitrogens with zero attached hydrogens (tertiary/aromatic N) is 1. The molecule has 0 bridgehead atoms. The normalized spacial score (nSPS) is 19.5. The van der Waals surface area contributed by atoms with Gasteiger partial charge in [0, 0.05) is 5.56 Å². The van der Waals surface area contributed by atoms with Gasteiger partial charge in [0.1, 0.15) is 5.54 Å². The summed E-state index contributed by atoms with van der Waals surface area (Å²) in [6, 6.07) is 20.3. The standard InChI is InChI=1S/C26H26N2O3/c1-4-17(2)18-12-14-20(15-13-18)23(29)16-28-24(30)26(3,27-25(28)31)22-11-7-9-19-8-5-6-10-21(19)22/h5-15,17H,4,16H2,1-3H3,(H,27,31). The van der Waals surface area contributed by atoms with Crippen LogP contribution in [-0.2, 0) is 10.3 Å². The van der Waals surface area contributed by atoms with Crippen LogP contribution >= 0.6 is 0 Å². The fourth-order valence-electron chi connectivity index (χ4n) is 4.15. The number of fused-ring (bicyclic) bond motifs is 1. The van der Waals surface area contributed by atoms with E-state index in [1.54, 1.807) is 19.1 Å². The third kappa shape index (κ3) is 3.61. The highest BCUT2D eigenvalue weighted by atomic mass is 16.2. The Labute approximate surface area is 182 Å². The van der Waals surface area contributed by atoms with Gasteiger partial charge in [-0.1, -0.05) is 80.6 Å². The molecule has 158 valence electrons. The van der Waals surface area contributed by atoms with Gasteiger partial charge in [-0.05, 0) is 41.2 Å². The largest absolute Gasteiger partial charge is 0.325 e. The third-order valence-electron chi connectivity index (χ3n) is 6.32. The number of Topliss-reactive ketones (excluding diaryl/α,β-unsaturated/α-hetero) is 1. The summed E-state index contributed by atoms with van der Waals surface area (Å²) in [5.74, 6) is -0.267. The van der Waals surface area contributed by atoms with Crippen LogP contribution in [0.4, 0.5) is 4.79 Å². The van der Waals surface area contributed by atoms with E-state index in [4.69, 9.17) is 0 Å². The van der Waals surface area contributed by atoms with Crippen molar-refractivity contribution in [2.75, 3.05) is 6.54 Å². The molecule has 3 aromatic rings. The van der Waals surface area contributed by atoms with Gasteiger partial charge < -0.3 is 5.32 Å². The Bertz CT molecular complexity index is 1160. The van der Waals surface area contributed by atoms with Gasteiger partial charge >= 0.3 is 6.03 Å². The predicted molar refractivity (Wildman–Crippen MR) is 121 cm³/mol. The zero-order valence-electron chi connectivity index (χ0n) is 18.0. The Morgan fingerprint density at radius 2 is 1.68 bits per heavy atom. The number of amides is 3. The van der Waals surface area contributed by atoms with Crippen molar-refractivity contribution in [2.24, 2.45) is 0 Å². The van der Waals surface area contributed by atoms with Gasteiger partial charge in [-0.2, -0.15) is 0 Å². The number of rotatable bonds is 6. The summed E-state index contributed by atoms with van der Waals surface area (Å²) in [5, 5.41) is 4.70. The van der Waals surface area contributed by atoms with Gasteiger partial charge in [0.05, 0.1) is 6.54 Å². The Kier molecular flexibility index (Phi) is 5.36. The Morgan fingerprint density at radius 3 is 2.39 bits per heavy atom. The summed E-state index contributed by atoms with van der Waals surface area (Å²) in [5.41, 5.74) is 1.15. The molecule has 5 heteroatoms. The minimum atomic E-state index is -1.22. The average molecular weight is 415 g/mol. The van der Waals surface area contributed by atoms with E-state index in [9.17, 15) is 14.4 Å². The molecule has 1 aliphatic rings. The summed E-state index contributed by atoms with van der Waals surface area (Å²) < 4.78 is 0. The summed E-state index contributed by atoms with van der Waals surface area (Å²) >= 11 is 0. The first-order valence-corrected chi connectivity index (χ1v) is 10.6. The van der Waals surface area contributed by atoms with Crippen LogP contribution in [0.2, 0.25) is 0 Å². The summed E-state index contributed by atoms with van der Waals surface area (Å²) in [7, 11) is 0. The van der Waals surface area contributed by atoms with Crippen LogP contribution in [-0.4, -0.2) is 29.2 Å². The second-order valence-corrected chi connectivity index (χ2v) is 8.33. The molecule has 1 aliphatic heterocycles. The highest BCUT2D eigenvalue weighted by Crippen LogP contribution is 2.34. The maximum atomic E-state index is 13.3. The monoisotopic (exact) mass is 414 g/mol. The number of imide groups is 1. The molecule has 3 amide bonds. The maximum Gasteiger partial charge on any atom is 0.325 e. The lowest BCUT2D eigenvalue weighted by Crippen LogP contribution is -2.41. The molecule has 31 heavy (non-hydrogen) atoms. The van der Waals surface area contributed by atoms with Gasteiger partial charge in [0.25, 0.3) is 5.91 Å². The van der Waals surface area contributed by atoms with Gasteiger partial charge in [0.15, 0.2) is 5.78 Å². The van der Waals surface area contributed by atoms with Crippen LogP contribution in [0.15, 0.2) is 66.7 Å². The molecule has 1 heterocycles. The first-order chi connectivity index (χ1) is 14.8. The Hall–Kier alpha value is -3.47. The van der Waals surface area contributed by atoms with Crippen LogP contribution in [0.25, 0.3) is 10.8 Å². The molecule has 0 aliphatic carbocycles. The van der Waals surface area contributed by atoms with Gasteiger partial charge in [-0.25, -0.2) is 4.79 Å². The number of hydrogen-bond donors (Lipinski definition) is 1. The smallest absolute Gasteiger partial charge is 0.319 e. The molecular weight excluding hydrogens is 388 g/mol. The van der Waals surface area contributed by atoms with Crippen molar-refractivity contribution in [3.8, 4) is 0 Å². The molecular formula is C26H26N2O3. The molecule has 2 atom stereocenters. The lowest BCUT2D eigenvalue weighted by atomic mass is 9.87. The first-order valence-electron chi connectivity index (χ1n) is 10.6. The quantitative estimate of drug-likeness (QED) is 0.456. The van der Waals surface area contributed by atoms with Crippen molar-refractivity contribution in [3.63, 3.8) is 0 Å². The number of nitrogens with one attached hydrogen (secondary N) is 1. The van der Waals surface area contributed by atoms with Crippen LogP contribution in [0.1, 0.15) is 54.6 Å². The van der Waals surface area contributed by atoms with Crippen LogP contribution in [0.5, 0.6) is 0 Å². The lowest BCUT2D eigenvalue weighted by molar-refractivity contribution is -0.130.